The number of carboxylic acids is 1. The fourth-order valence-corrected chi connectivity index (χ4v) is 3.05. The van der Waals surface area contributed by atoms with Crippen LogP contribution in [0.1, 0.15) is 0 Å². The quantitative estimate of drug-likeness (QED) is 0.868. The summed E-state index contributed by atoms with van der Waals surface area (Å²) in [6.07, 6.45) is -4.57. The third-order valence-corrected chi connectivity index (χ3v) is 4.26. The van der Waals surface area contributed by atoms with Crippen molar-refractivity contribution in [2.24, 2.45) is 11.8 Å². The van der Waals surface area contributed by atoms with Crippen molar-refractivity contribution in [2.45, 2.75) is 6.18 Å². The Hall–Kier alpha value is -1.77. The average Bonchev–Trinajstić information content (AvgIpc) is 3.00. The van der Waals surface area contributed by atoms with Crippen molar-refractivity contribution in [3.63, 3.8) is 0 Å². The van der Waals surface area contributed by atoms with Gasteiger partial charge in [0.15, 0.2) is 11.4 Å². The molecule has 5 nitrogen and oxygen atoms in total. The molecule has 0 spiro atoms. The summed E-state index contributed by atoms with van der Waals surface area (Å²) in [7, 11) is 0. The van der Waals surface area contributed by atoms with Crippen LogP contribution in [0.3, 0.4) is 0 Å². The molecular weight excluding hydrogens is 369 g/mol. The Morgan fingerprint density at radius 2 is 2.14 bits per heavy atom. The number of alkyl halides is 3. The smallest absolute Gasteiger partial charge is 0.394 e. The number of nitrogens with zero attached hydrogens (tertiary/aromatic N) is 2. The molecule has 2 heterocycles. The van der Waals surface area contributed by atoms with E-state index < -0.39 is 30.5 Å². The van der Waals surface area contributed by atoms with Gasteiger partial charge in [0.05, 0.1) is 17.2 Å². The SMILES string of the molecule is O=C(O)[C@@H]1CN(c2noc3ccc(Br)cc23)C[C@H]1C(F)(F)F. The monoisotopic (exact) mass is 378 g/mol. The highest BCUT2D eigenvalue weighted by atomic mass is 79.9. The van der Waals surface area contributed by atoms with Crippen molar-refractivity contribution in [3.8, 4) is 0 Å². The summed E-state index contributed by atoms with van der Waals surface area (Å²) in [5.41, 5.74) is 0.431. The highest BCUT2D eigenvalue weighted by molar-refractivity contribution is 9.10. The molecule has 0 amide bonds. The summed E-state index contributed by atoms with van der Waals surface area (Å²) < 4.78 is 44.9. The highest BCUT2D eigenvalue weighted by Gasteiger charge is 2.53. The van der Waals surface area contributed by atoms with Crippen LogP contribution in [0.2, 0.25) is 0 Å². The van der Waals surface area contributed by atoms with Gasteiger partial charge < -0.3 is 14.5 Å². The van der Waals surface area contributed by atoms with Gasteiger partial charge in [0.2, 0.25) is 0 Å². The first kappa shape index (κ1) is 15.1. The maximum atomic E-state index is 13.0. The van der Waals surface area contributed by atoms with E-state index in [1.807, 2.05) is 0 Å². The lowest BCUT2D eigenvalue weighted by atomic mass is 9.96. The summed E-state index contributed by atoms with van der Waals surface area (Å²) in [6.45, 7) is -0.706. The Morgan fingerprint density at radius 1 is 1.41 bits per heavy atom. The van der Waals surface area contributed by atoms with Gasteiger partial charge in [-0.25, -0.2) is 0 Å². The number of halogens is 4. The van der Waals surface area contributed by atoms with E-state index >= 15 is 0 Å². The molecule has 3 rings (SSSR count). The first-order chi connectivity index (χ1) is 10.3. The van der Waals surface area contributed by atoms with Gasteiger partial charge in [-0.3, -0.25) is 4.79 Å². The van der Waals surface area contributed by atoms with E-state index in [0.717, 1.165) is 4.47 Å². The lowest BCUT2D eigenvalue weighted by Gasteiger charge is -2.18. The zero-order chi connectivity index (χ0) is 16.1. The van der Waals surface area contributed by atoms with E-state index in [-0.39, 0.29) is 12.4 Å². The predicted octanol–water partition coefficient (Wildman–Crippen LogP) is 3.29. The van der Waals surface area contributed by atoms with Crippen LogP contribution >= 0.6 is 15.9 Å². The minimum Gasteiger partial charge on any atom is -0.481 e. The van der Waals surface area contributed by atoms with Gasteiger partial charge in [-0.1, -0.05) is 21.1 Å². The molecule has 1 aromatic carbocycles. The zero-order valence-corrected chi connectivity index (χ0v) is 12.6. The Labute approximate surface area is 130 Å². The molecular formula is C13H10BrF3N2O3. The molecule has 1 aromatic heterocycles. The molecule has 1 aliphatic heterocycles. The lowest BCUT2D eigenvalue weighted by molar-refractivity contribution is -0.187. The predicted molar refractivity (Wildman–Crippen MR) is 74.6 cm³/mol. The second kappa shape index (κ2) is 5.15. The normalized spacial score (nSPS) is 22.5. The van der Waals surface area contributed by atoms with Crippen molar-refractivity contribution in [1.29, 1.82) is 0 Å². The van der Waals surface area contributed by atoms with E-state index in [4.69, 9.17) is 9.63 Å². The minimum atomic E-state index is -4.57. The van der Waals surface area contributed by atoms with Crippen LogP contribution in [-0.4, -0.2) is 35.5 Å². The van der Waals surface area contributed by atoms with E-state index in [2.05, 4.69) is 21.1 Å². The van der Waals surface area contributed by atoms with E-state index in [1.165, 1.54) is 4.90 Å². The van der Waals surface area contributed by atoms with E-state index in [9.17, 15) is 18.0 Å². The van der Waals surface area contributed by atoms with Crippen LogP contribution in [0.15, 0.2) is 27.2 Å². The number of carboxylic acid groups (broad SMARTS) is 1. The molecule has 22 heavy (non-hydrogen) atoms. The molecule has 1 saturated heterocycles. The maximum Gasteiger partial charge on any atom is 0.394 e. The first-order valence-corrected chi connectivity index (χ1v) is 7.16. The molecule has 118 valence electrons. The summed E-state index contributed by atoms with van der Waals surface area (Å²) in [4.78, 5) is 12.4. The van der Waals surface area contributed by atoms with Gasteiger partial charge >= 0.3 is 12.1 Å². The maximum absolute atomic E-state index is 13.0. The van der Waals surface area contributed by atoms with Gasteiger partial charge in [0.1, 0.15) is 0 Å². The third-order valence-electron chi connectivity index (χ3n) is 3.77. The average molecular weight is 379 g/mol. The largest absolute Gasteiger partial charge is 0.481 e. The number of carbonyl (C=O) groups is 1. The molecule has 0 bridgehead atoms. The minimum absolute atomic E-state index is 0.231. The Morgan fingerprint density at radius 3 is 2.73 bits per heavy atom. The summed E-state index contributed by atoms with van der Waals surface area (Å²) in [6, 6.07) is 5.04. The van der Waals surface area contributed by atoms with Gasteiger partial charge in [-0.05, 0) is 18.2 Å². The number of aliphatic carboxylic acids is 1. The number of anilines is 1. The van der Waals surface area contributed by atoms with Crippen molar-refractivity contribution in [3.05, 3.63) is 22.7 Å². The molecule has 0 unspecified atom stereocenters. The highest BCUT2D eigenvalue weighted by Crippen LogP contribution is 2.40. The summed E-state index contributed by atoms with van der Waals surface area (Å²) >= 11 is 3.28. The zero-order valence-electron chi connectivity index (χ0n) is 11.0. The second-order valence-corrected chi connectivity index (χ2v) is 6.06. The number of hydrogen-bond donors (Lipinski definition) is 1. The van der Waals surface area contributed by atoms with Gasteiger partial charge in [0, 0.05) is 17.6 Å². The van der Waals surface area contributed by atoms with Crippen LogP contribution in [0.4, 0.5) is 19.0 Å². The third kappa shape index (κ3) is 2.53. The standard InChI is InChI=1S/C13H10BrF3N2O3/c14-6-1-2-10-7(3-6)11(18-22-10)19-4-8(12(20)21)9(5-19)13(15,16)17/h1-3,8-9H,4-5H2,(H,20,21)/t8-,9-/m1/s1. The number of fused-ring (bicyclic) bond motifs is 1. The Balaban J connectivity index is 1.98. The van der Waals surface area contributed by atoms with E-state index in [0.29, 0.717) is 11.0 Å². The van der Waals surface area contributed by atoms with Gasteiger partial charge in [-0.15, -0.1) is 0 Å². The summed E-state index contributed by atoms with van der Waals surface area (Å²) in [5, 5.41) is 13.4. The topological polar surface area (TPSA) is 66.6 Å². The van der Waals surface area contributed by atoms with Crippen LogP contribution in [0.5, 0.6) is 0 Å². The molecule has 1 fully saturated rings. The second-order valence-electron chi connectivity index (χ2n) is 5.14. The fraction of sp³-hybridized carbons (Fsp3) is 0.385. The van der Waals surface area contributed by atoms with Crippen molar-refractivity contribution in [1.82, 2.24) is 5.16 Å². The number of rotatable bonds is 2. The van der Waals surface area contributed by atoms with Crippen molar-refractivity contribution >= 4 is 38.7 Å². The lowest BCUT2D eigenvalue weighted by Crippen LogP contribution is -2.33. The molecule has 1 N–H and O–H groups in total. The number of aromatic nitrogens is 1. The molecule has 0 aliphatic carbocycles. The molecule has 1 aliphatic rings. The van der Waals surface area contributed by atoms with Crippen molar-refractivity contribution in [2.75, 3.05) is 18.0 Å². The molecule has 0 saturated carbocycles. The van der Waals surface area contributed by atoms with E-state index in [1.54, 1.807) is 18.2 Å². The van der Waals surface area contributed by atoms with Gasteiger partial charge in [0.25, 0.3) is 0 Å². The fourth-order valence-electron chi connectivity index (χ4n) is 2.68. The van der Waals surface area contributed by atoms with Crippen LogP contribution in [0, 0.1) is 11.8 Å². The van der Waals surface area contributed by atoms with Crippen LogP contribution < -0.4 is 4.90 Å². The van der Waals surface area contributed by atoms with Crippen molar-refractivity contribution < 1.29 is 27.6 Å². The van der Waals surface area contributed by atoms with Crippen LogP contribution in [-0.2, 0) is 4.79 Å². The van der Waals surface area contributed by atoms with Crippen LogP contribution in [0.25, 0.3) is 11.0 Å². The molecule has 0 radical (unpaired) electrons. The Bertz CT molecular complexity index is 731. The summed E-state index contributed by atoms with van der Waals surface area (Å²) in [5.74, 6) is -4.67. The van der Waals surface area contributed by atoms with Gasteiger partial charge in [-0.2, -0.15) is 13.2 Å². The Kier molecular flexibility index (Phi) is 3.54. The molecule has 9 heteroatoms. The first-order valence-electron chi connectivity index (χ1n) is 6.37. The number of hydrogen-bond acceptors (Lipinski definition) is 4. The molecule has 2 atom stereocenters. The number of benzene rings is 1. The molecule has 2 aromatic rings.